The number of allylic oxidation sites excluding steroid dienone is 4. The van der Waals surface area contributed by atoms with Crippen molar-refractivity contribution in [3.05, 3.63) is 188 Å². The van der Waals surface area contributed by atoms with Gasteiger partial charge in [-0.2, -0.15) is 0 Å². The summed E-state index contributed by atoms with van der Waals surface area (Å²) in [5, 5.41) is 4.53. The van der Waals surface area contributed by atoms with Crippen molar-refractivity contribution in [2.75, 3.05) is 4.90 Å². The number of anilines is 3. The van der Waals surface area contributed by atoms with Gasteiger partial charge in [-0.1, -0.05) is 109 Å². The van der Waals surface area contributed by atoms with Gasteiger partial charge in [0.05, 0.1) is 16.4 Å². The number of benzene rings is 7. The Balaban J connectivity index is 1.20. The van der Waals surface area contributed by atoms with E-state index in [0.29, 0.717) is 0 Å². The van der Waals surface area contributed by atoms with E-state index in [2.05, 4.69) is 185 Å². The van der Waals surface area contributed by atoms with Crippen LogP contribution in [0.3, 0.4) is 0 Å². The Morgan fingerprint density at radius 1 is 0.490 bits per heavy atom. The van der Waals surface area contributed by atoms with E-state index < -0.39 is 0 Å². The highest BCUT2D eigenvalue weighted by Gasteiger charge is 2.21. The molecule has 0 N–H and O–H groups in total. The minimum absolute atomic E-state index is 0.903. The predicted octanol–water partition coefficient (Wildman–Crippen LogP) is 13.6. The monoisotopic (exact) mass is 654 g/mol. The van der Waals surface area contributed by atoms with E-state index in [-0.39, 0.29) is 0 Å². The summed E-state index contributed by atoms with van der Waals surface area (Å²) in [5.74, 6) is 0. The summed E-state index contributed by atoms with van der Waals surface area (Å²) in [6.07, 6.45) is 9.04. The topological polar surface area (TPSA) is 21.3 Å². The molecule has 9 aromatic rings. The molecule has 0 atom stereocenters. The van der Waals surface area contributed by atoms with Crippen LogP contribution in [0, 0.1) is 0 Å². The third-order valence-corrected chi connectivity index (χ3v) is 10.2. The average molecular weight is 655 g/mol. The molecule has 51 heavy (non-hydrogen) atoms. The fraction of sp³-hybridized carbons (Fsp3) is 0.0417. The van der Waals surface area contributed by atoms with Gasteiger partial charge < -0.3 is 13.9 Å². The van der Waals surface area contributed by atoms with Gasteiger partial charge in [-0.3, -0.25) is 0 Å². The number of nitrogens with zero attached hydrogens (tertiary/aromatic N) is 2. The van der Waals surface area contributed by atoms with Crippen molar-refractivity contribution in [1.82, 2.24) is 4.57 Å². The standard InChI is InChI=1S/C48H34N2O/c1-4-12-33(13-5-1)35-20-24-38(25-21-35)49(39-26-22-36(23-27-39)34-14-6-2-7-15-34)40-28-30-44-43(32-40)47-45(50(44)37-16-8-3-9-17-37)31-29-42-41-18-10-11-19-46(41)51-48(42)47/h1,3-6,8-32H,2,7H2. The Morgan fingerprint density at radius 2 is 1.14 bits per heavy atom. The second kappa shape index (κ2) is 12.1. The maximum Gasteiger partial charge on any atom is 0.145 e. The molecule has 0 aliphatic heterocycles. The third kappa shape index (κ3) is 4.97. The second-order valence-electron chi connectivity index (χ2n) is 13.2. The van der Waals surface area contributed by atoms with E-state index >= 15 is 0 Å². The highest BCUT2D eigenvalue weighted by molar-refractivity contribution is 6.24. The molecule has 2 aromatic heterocycles. The maximum atomic E-state index is 6.68. The Kier molecular flexibility index (Phi) is 6.95. The number of hydrogen-bond acceptors (Lipinski definition) is 2. The largest absolute Gasteiger partial charge is 0.455 e. The molecule has 0 bridgehead atoms. The van der Waals surface area contributed by atoms with Gasteiger partial charge in [0.2, 0.25) is 0 Å². The maximum absolute atomic E-state index is 6.68. The van der Waals surface area contributed by atoms with E-state index in [0.717, 1.165) is 79.3 Å². The highest BCUT2D eigenvalue weighted by Crippen LogP contribution is 2.44. The molecule has 0 unspecified atom stereocenters. The van der Waals surface area contributed by atoms with Gasteiger partial charge in [-0.25, -0.2) is 0 Å². The van der Waals surface area contributed by atoms with Crippen molar-refractivity contribution in [3.63, 3.8) is 0 Å². The summed E-state index contributed by atoms with van der Waals surface area (Å²) in [4.78, 5) is 2.37. The molecule has 0 spiro atoms. The van der Waals surface area contributed by atoms with E-state index in [9.17, 15) is 0 Å². The molecule has 0 radical (unpaired) electrons. The number of hydrogen-bond donors (Lipinski definition) is 0. The van der Waals surface area contributed by atoms with Crippen LogP contribution in [0.15, 0.2) is 186 Å². The molecular weight excluding hydrogens is 621 g/mol. The fourth-order valence-corrected chi connectivity index (χ4v) is 7.78. The van der Waals surface area contributed by atoms with Gasteiger partial charge in [0.15, 0.2) is 0 Å². The molecule has 242 valence electrons. The zero-order valence-electron chi connectivity index (χ0n) is 28.0. The lowest BCUT2D eigenvalue weighted by Crippen LogP contribution is -2.10. The van der Waals surface area contributed by atoms with Crippen LogP contribution < -0.4 is 4.90 Å². The zero-order valence-corrected chi connectivity index (χ0v) is 28.0. The lowest BCUT2D eigenvalue weighted by atomic mass is 9.99. The van der Waals surface area contributed by atoms with E-state index in [1.807, 2.05) is 6.07 Å². The van der Waals surface area contributed by atoms with Gasteiger partial charge in [-0.05, 0) is 108 Å². The first kappa shape index (κ1) is 29.3. The number of aromatic nitrogens is 1. The van der Waals surface area contributed by atoms with Gasteiger partial charge in [0.1, 0.15) is 11.2 Å². The average Bonchev–Trinajstić information content (AvgIpc) is 3.75. The van der Waals surface area contributed by atoms with Crippen LogP contribution in [0.1, 0.15) is 18.4 Å². The molecule has 3 heteroatoms. The lowest BCUT2D eigenvalue weighted by molar-refractivity contribution is 0.673. The van der Waals surface area contributed by atoms with Gasteiger partial charge in [0, 0.05) is 38.9 Å². The van der Waals surface area contributed by atoms with Crippen molar-refractivity contribution in [1.29, 1.82) is 0 Å². The molecule has 1 aliphatic rings. The zero-order chi connectivity index (χ0) is 33.7. The Morgan fingerprint density at radius 3 is 1.88 bits per heavy atom. The minimum Gasteiger partial charge on any atom is -0.455 e. The lowest BCUT2D eigenvalue weighted by Gasteiger charge is -2.26. The molecule has 3 nitrogen and oxygen atoms in total. The van der Waals surface area contributed by atoms with E-state index in [4.69, 9.17) is 4.42 Å². The van der Waals surface area contributed by atoms with Crippen LogP contribution in [-0.2, 0) is 0 Å². The van der Waals surface area contributed by atoms with Crippen molar-refractivity contribution in [2.24, 2.45) is 0 Å². The van der Waals surface area contributed by atoms with Crippen LogP contribution in [0.2, 0.25) is 0 Å². The van der Waals surface area contributed by atoms with Crippen molar-refractivity contribution >= 4 is 66.4 Å². The first-order valence-electron chi connectivity index (χ1n) is 17.7. The van der Waals surface area contributed by atoms with E-state index in [1.165, 1.54) is 22.3 Å². The van der Waals surface area contributed by atoms with Crippen LogP contribution in [0.4, 0.5) is 17.1 Å². The summed E-state index contributed by atoms with van der Waals surface area (Å²) in [6, 6.07) is 58.8. The number of rotatable bonds is 6. The summed E-state index contributed by atoms with van der Waals surface area (Å²) < 4.78 is 9.04. The first-order valence-corrected chi connectivity index (χ1v) is 17.7. The fourth-order valence-electron chi connectivity index (χ4n) is 7.78. The molecule has 0 saturated carbocycles. The third-order valence-electron chi connectivity index (χ3n) is 10.2. The molecule has 10 rings (SSSR count). The highest BCUT2D eigenvalue weighted by atomic mass is 16.3. The first-order chi connectivity index (χ1) is 25.3. The molecular formula is C48H34N2O. The van der Waals surface area contributed by atoms with Crippen molar-refractivity contribution in [2.45, 2.75) is 12.8 Å². The van der Waals surface area contributed by atoms with Crippen LogP contribution in [0.5, 0.6) is 0 Å². The molecule has 2 heterocycles. The molecule has 0 amide bonds. The van der Waals surface area contributed by atoms with Crippen molar-refractivity contribution in [3.8, 4) is 16.8 Å². The number of para-hydroxylation sites is 2. The quantitative estimate of drug-likeness (QED) is 0.178. The van der Waals surface area contributed by atoms with Crippen LogP contribution >= 0.6 is 0 Å². The van der Waals surface area contributed by atoms with Crippen LogP contribution in [0.25, 0.3) is 66.1 Å². The smallest absolute Gasteiger partial charge is 0.145 e. The number of fused-ring (bicyclic) bond motifs is 7. The van der Waals surface area contributed by atoms with Gasteiger partial charge in [-0.15, -0.1) is 0 Å². The molecule has 7 aromatic carbocycles. The second-order valence-corrected chi connectivity index (χ2v) is 13.2. The van der Waals surface area contributed by atoms with Gasteiger partial charge in [0.25, 0.3) is 0 Å². The summed E-state index contributed by atoms with van der Waals surface area (Å²) in [5.41, 5.74) is 13.4. The van der Waals surface area contributed by atoms with Gasteiger partial charge >= 0.3 is 0 Å². The number of furan rings is 1. The van der Waals surface area contributed by atoms with Crippen molar-refractivity contribution < 1.29 is 4.42 Å². The predicted molar refractivity (Wildman–Crippen MR) is 215 cm³/mol. The molecule has 0 fully saturated rings. The normalized spacial score (nSPS) is 13.0. The Hall–Kier alpha value is -6.58. The molecule has 1 aliphatic carbocycles. The Labute approximate surface area is 296 Å². The summed E-state index contributed by atoms with van der Waals surface area (Å²) in [6.45, 7) is 0. The minimum atomic E-state index is 0.903. The SMILES string of the molecule is C1=CC(c2ccc(N(c3ccc(-c4ccccc4)cc3)c3ccc4c(c3)c3c5oc6ccccc6c5ccc3n4-c3ccccc3)cc2)=CCC1. The van der Waals surface area contributed by atoms with Crippen LogP contribution in [-0.4, -0.2) is 4.57 Å². The molecule has 0 saturated heterocycles. The Bertz CT molecular complexity index is 2770. The summed E-state index contributed by atoms with van der Waals surface area (Å²) >= 11 is 0. The van der Waals surface area contributed by atoms with E-state index in [1.54, 1.807) is 0 Å². The summed E-state index contributed by atoms with van der Waals surface area (Å²) in [7, 11) is 0.